The van der Waals surface area contributed by atoms with Crippen molar-refractivity contribution < 1.29 is 24.1 Å². The Hall–Kier alpha value is -5.63. The van der Waals surface area contributed by atoms with Crippen molar-refractivity contribution in [3.63, 3.8) is 0 Å². The molecular formula is C31H27N5O8S. The molecule has 230 valence electrons. The van der Waals surface area contributed by atoms with E-state index in [1.807, 2.05) is 43.3 Å². The maximum absolute atomic E-state index is 13.9. The number of esters is 1. The topological polar surface area (TPSA) is 159 Å². The summed E-state index contributed by atoms with van der Waals surface area (Å²) < 4.78 is 12.9. The average molecular weight is 630 g/mol. The van der Waals surface area contributed by atoms with Crippen LogP contribution in [0.25, 0.3) is 6.08 Å². The van der Waals surface area contributed by atoms with E-state index in [2.05, 4.69) is 4.99 Å². The highest BCUT2D eigenvalue weighted by Gasteiger charge is 2.33. The molecule has 0 bridgehead atoms. The number of fused-ring (bicyclic) bond motifs is 1. The fourth-order valence-corrected chi connectivity index (χ4v) is 5.90. The Kier molecular flexibility index (Phi) is 8.59. The fourth-order valence-electron chi connectivity index (χ4n) is 4.86. The van der Waals surface area contributed by atoms with Crippen LogP contribution in [0.2, 0.25) is 0 Å². The third kappa shape index (κ3) is 6.21. The molecule has 0 saturated heterocycles. The van der Waals surface area contributed by atoms with Gasteiger partial charge in [-0.05, 0) is 61.4 Å². The van der Waals surface area contributed by atoms with Gasteiger partial charge in [-0.3, -0.25) is 29.6 Å². The number of hydrogen-bond donors (Lipinski definition) is 0. The lowest BCUT2D eigenvalue weighted by Gasteiger charge is -2.25. The van der Waals surface area contributed by atoms with E-state index in [-0.39, 0.29) is 29.2 Å². The number of thiazole rings is 1. The first-order valence-electron chi connectivity index (χ1n) is 13.7. The van der Waals surface area contributed by atoms with Crippen LogP contribution in [0, 0.1) is 20.2 Å². The number of ether oxygens (including phenoxy) is 2. The molecule has 2 heterocycles. The standard InChI is InChI=1S/C31H27N5O8S/c1-5-43-30(38)27-18(2)32-31-34(28(27)20-9-11-21(12-10-20)33(3)4)29(37)26(45-31)16-19-7-6-8-23(15-19)44-25-14-13-22(35(39)40)17-24(25)36(41)42/h6-17,28H,5H2,1-4H3/b26-16-/t28-/m1/s1. The highest BCUT2D eigenvalue weighted by Crippen LogP contribution is 2.35. The molecule has 45 heavy (non-hydrogen) atoms. The Morgan fingerprint density at radius 1 is 1.07 bits per heavy atom. The molecular weight excluding hydrogens is 602 g/mol. The number of carbonyl (C=O) groups is 1. The van der Waals surface area contributed by atoms with Crippen LogP contribution in [-0.4, -0.2) is 41.1 Å². The minimum Gasteiger partial charge on any atom is -0.463 e. The van der Waals surface area contributed by atoms with E-state index in [1.165, 1.54) is 4.57 Å². The molecule has 0 saturated carbocycles. The van der Waals surface area contributed by atoms with E-state index in [9.17, 15) is 29.8 Å². The molecule has 0 spiro atoms. The largest absolute Gasteiger partial charge is 0.463 e. The number of non-ortho nitro benzene ring substituents is 1. The van der Waals surface area contributed by atoms with E-state index in [1.54, 1.807) is 44.2 Å². The van der Waals surface area contributed by atoms with Crippen LogP contribution >= 0.6 is 11.3 Å². The number of nitro groups is 2. The van der Waals surface area contributed by atoms with Gasteiger partial charge >= 0.3 is 11.7 Å². The van der Waals surface area contributed by atoms with Gasteiger partial charge in [-0.15, -0.1) is 0 Å². The summed E-state index contributed by atoms with van der Waals surface area (Å²) in [7, 11) is 3.83. The van der Waals surface area contributed by atoms with Crippen molar-refractivity contribution in [2.75, 3.05) is 25.6 Å². The number of benzene rings is 3. The number of allylic oxidation sites excluding steroid dienone is 1. The second-order valence-corrected chi connectivity index (χ2v) is 11.1. The van der Waals surface area contributed by atoms with Gasteiger partial charge in [-0.2, -0.15) is 0 Å². The van der Waals surface area contributed by atoms with E-state index in [0.29, 0.717) is 26.2 Å². The van der Waals surface area contributed by atoms with Crippen molar-refractivity contribution in [2.24, 2.45) is 4.99 Å². The molecule has 14 heteroatoms. The van der Waals surface area contributed by atoms with Crippen LogP contribution in [0.1, 0.15) is 31.0 Å². The molecule has 1 aliphatic rings. The van der Waals surface area contributed by atoms with Gasteiger partial charge in [-0.1, -0.05) is 35.6 Å². The quantitative estimate of drug-likeness (QED) is 0.148. The van der Waals surface area contributed by atoms with Crippen molar-refractivity contribution in [2.45, 2.75) is 19.9 Å². The zero-order valence-electron chi connectivity index (χ0n) is 24.6. The lowest BCUT2D eigenvalue weighted by molar-refractivity contribution is -0.394. The van der Waals surface area contributed by atoms with Gasteiger partial charge in [0.25, 0.3) is 11.2 Å². The summed E-state index contributed by atoms with van der Waals surface area (Å²) in [5, 5.41) is 22.6. The number of carbonyl (C=O) groups excluding carboxylic acids is 1. The Bertz CT molecular complexity index is 2050. The van der Waals surface area contributed by atoms with Crippen molar-refractivity contribution in [3.05, 3.63) is 129 Å². The zero-order valence-corrected chi connectivity index (χ0v) is 25.4. The maximum atomic E-state index is 13.9. The van der Waals surface area contributed by atoms with Crippen molar-refractivity contribution in [1.29, 1.82) is 0 Å². The fraction of sp³-hybridized carbons (Fsp3) is 0.194. The highest BCUT2D eigenvalue weighted by atomic mass is 32.1. The smallest absolute Gasteiger partial charge is 0.338 e. The Balaban J connectivity index is 1.57. The Morgan fingerprint density at radius 3 is 2.44 bits per heavy atom. The molecule has 0 unspecified atom stereocenters. The minimum absolute atomic E-state index is 0.160. The van der Waals surface area contributed by atoms with Crippen LogP contribution in [0.15, 0.2) is 87.8 Å². The molecule has 5 rings (SSSR count). The minimum atomic E-state index is -0.768. The zero-order chi connectivity index (χ0) is 32.4. The van der Waals surface area contributed by atoms with Crippen LogP contribution in [0.5, 0.6) is 11.5 Å². The van der Waals surface area contributed by atoms with E-state index >= 15 is 0 Å². The Labute approximate surface area is 259 Å². The molecule has 0 aliphatic carbocycles. The first-order valence-corrected chi connectivity index (χ1v) is 14.5. The average Bonchev–Trinajstić information content (AvgIpc) is 3.30. The van der Waals surface area contributed by atoms with E-state index < -0.39 is 33.2 Å². The van der Waals surface area contributed by atoms with E-state index in [0.717, 1.165) is 35.2 Å². The van der Waals surface area contributed by atoms with Crippen LogP contribution in [0.4, 0.5) is 17.1 Å². The van der Waals surface area contributed by atoms with Gasteiger partial charge in [0, 0.05) is 25.8 Å². The lowest BCUT2D eigenvalue weighted by Crippen LogP contribution is -2.39. The molecule has 0 N–H and O–H groups in total. The monoisotopic (exact) mass is 629 g/mol. The second-order valence-electron chi connectivity index (χ2n) is 10.1. The number of hydrogen-bond acceptors (Lipinski definition) is 11. The number of aromatic nitrogens is 1. The summed E-state index contributed by atoms with van der Waals surface area (Å²) in [5.41, 5.74) is 1.57. The summed E-state index contributed by atoms with van der Waals surface area (Å²) in [6, 6.07) is 16.4. The molecule has 0 amide bonds. The second kappa shape index (κ2) is 12.5. The van der Waals surface area contributed by atoms with Crippen LogP contribution in [0.3, 0.4) is 0 Å². The molecule has 4 aromatic rings. The van der Waals surface area contributed by atoms with Gasteiger partial charge in [-0.25, -0.2) is 9.79 Å². The first-order chi connectivity index (χ1) is 21.5. The lowest BCUT2D eigenvalue weighted by atomic mass is 9.95. The molecule has 1 aromatic heterocycles. The van der Waals surface area contributed by atoms with Gasteiger partial charge in [0.05, 0.1) is 44.4 Å². The van der Waals surface area contributed by atoms with Crippen LogP contribution in [-0.2, 0) is 9.53 Å². The van der Waals surface area contributed by atoms with Crippen molar-refractivity contribution in [1.82, 2.24) is 4.57 Å². The van der Waals surface area contributed by atoms with Gasteiger partial charge in [0.1, 0.15) is 5.75 Å². The molecule has 0 radical (unpaired) electrons. The Morgan fingerprint density at radius 2 is 1.80 bits per heavy atom. The summed E-state index contributed by atoms with van der Waals surface area (Å²) in [5.74, 6) is -0.517. The summed E-state index contributed by atoms with van der Waals surface area (Å²) in [4.78, 5) is 55.1. The van der Waals surface area contributed by atoms with E-state index in [4.69, 9.17) is 9.47 Å². The number of anilines is 1. The molecule has 3 aromatic carbocycles. The SMILES string of the molecule is CCOC(=O)C1=C(C)N=c2s/c(=C\c3cccc(Oc4ccc([N+](=O)[O-])cc4[N+](=O)[O-])c3)c(=O)n2[C@@H]1c1ccc(N(C)C)cc1. The van der Waals surface area contributed by atoms with Gasteiger partial charge in [0.15, 0.2) is 4.80 Å². The maximum Gasteiger partial charge on any atom is 0.338 e. The molecule has 1 aliphatic heterocycles. The third-order valence-corrected chi connectivity index (χ3v) is 7.96. The highest BCUT2D eigenvalue weighted by molar-refractivity contribution is 7.07. The number of nitrogens with zero attached hydrogens (tertiary/aromatic N) is 5. The molecule has 1 atom stereocenters. The number of nitro benzene ring substituents is 2. The third-order valence-electron chi connectivity index (χ3n) is 6.98. The first kappa shape index (κ1) is 30.8. The predicted molar refractivity (Wildman–Crippen MR) is 167 cm³/mol. The predicted octanol–water partition coefficient (Wildman–Crippen LogP) is 4.47. The van der Waals surface area contributed by atoms with Crippen LogP contribution < -0.4 is 24.5 Å². The molecule has 13 nitrogen and oxygen atoms in total. The molecule has 0 fully saturated rings. The van der Waals surface area contributed by atoms with Crippen molar-refractivity contribution in [3.8, 4) is 11.5 Å². The van der Waals surface area contributed by atoms with Gasteiger partial charge in [0.2, 0.25) is 5.75 Å². The summed E-state index contributed by atoms with van der Waals surface area (Å²) in [6.07, 6.45) is 1.64. The number of rotatable bonds is 9. The summed E-state index contributed by atoms with van der Waals surface area (Å²) >= 11 is 1.15. The van der Waals surface area contributed by atoms with Gasteiger partial charge < -0.3 is 14.4 Å². The normalized spacial score (nSPS) is 14.4. The summed E-state index contributed by atoms with van der Waals surface area (Å²) in [6.45, 7) is 3.58. The van der Waals surface area contributed by atoms with Crippen molar-refractivity contribution >= 4 is 40.4 Å².